The van der Waals surface area contributed by atoms with E-state index < -0.39 is 17.4 Å². The quantitative estimate of drug-likeness (QED) is 0.0734. The fourth-order valence-corrected chi connectivity index (χ4v) is 5.09. The average Bonchev–Trinajstić information content (AvgIpc) is 3.61. The SMILES string of the molecule is CC(=O)CCCOCCOCC(=O)NCCOCCOCC(=O)NCCCC[C@H](CC(=O)C(C)(C)CC(=O)[C@@H](N)Cc1cnc[nH]1)C(=O)CCC(C)=O. The molecule has 2 atom stereocenters. The minimum absolute atomic E-state index is 0.0445. The Bertz CT molecular complexity index is 1270. The van der Waals surface area contributed by atoms with Crippen LogP contribution in [0.25, 0.3) is 0 Å². The maximum absolute atomic E-state index is 13.3. The van der Waals surface area contributed by atoms with Crippen molar-refractivity contribution in [2.45, 2.75) is 97.9 Å². The highest BCUT2D eigenvalue weighted by Gasteiger charge is 2.34. The minimum atomic E-state index is -1.03. The number of imidazole rings is 1. The molecule has 1 rings (SSSR count). The molecule has 0 saturated carbocycles. The molecule has 53 heavy (non-hydrogen) atoms. The maximum Gasteiger partial charge on any atom is 0.246 e. The molecule has 0 radical (unpaired) electrons. The number of aromatic nitrogens is 2. The molecule has 5 N–H and O–H groups in total. The van der Waals surface area contributed by atoms with Crippen LogP contribution in [0.4, 0.5) is 0 Å². The van der Waals surface area contributed by atoms with Crippen molar-refractivity contribution in [1.29, 1.82) is 0 Å². The lowest BCUT2D eigenvalue weighted by Crippen LogP contribution is -2.38. The largest absolute Gasteiger partial charge is 0.379 e. The number of carbonyl (C=O) groups is 7. The molecule has 1 aromatic rings. The second-order valence-electron chi connectivity index (χ2n) is 13.7. The van der Waals surface area contributed by atoms with E-state index in [1.165, 1.54) is 20.2 Å². The second-order valence-corrected chi connectivity index (χ2v) is 13.7. The number of nitrogens with two attached hydrogens (primary N) is 1. The first-order valence-electron chi connectivity index (χ1n) is 18.4. The molecule has 0 spiro atoms. The molecule has 16 heteroatoms. The highest BCUT2D eigenvalue weighted by atomic mass is 16.5. The first-order valence-corrected chi connectivity index (χ1v) is 18.4. The first-order chi connectivity index (χ1) is 25.2. The highest BCUT2D eigenvalue weighted by molar-refractivity contribution is 5.95. The highest BCUT2D eigenvalue weighted by Crippen LogP contribution is 2.29. The molecule has 0 aliphatic rings. The Morgan fingerprint density at radius 3 is 1.96 bits per heavy atom. The van der Waals surface area contributed by atoms with E-state index >= 15 is 0 Å². The van der Waals surface area contributed by atoms with Gasteiger partial charge in [-0.2, -0.15) is 0 Å². The summed E-state index contributed by atoms with van der Waals surface area (Å²) >= 11 is 0. The van der Waals surface area contributed by atoms with Gasteiger partial charge in [0.15, 0.2) is 5.78 Å². The van der Waals surface area contributed by atoms with Crippen molar-refractivity contribution in [3.05, 3.63) is 18.2 Å². The van der Waals surface area contributed by atoms with Gasteiger partial charge in [0, 0.05) is 81.4 Å². The van der Waals surface area contributed by atoms with Crippen molar-refractivity contribution in [3.63, 3.8) is 0 Å². The Balaban J connectivity index is 2.25. The Hall–Kier alpha value is -3.70. The van der Waals surface area contributed by atoms with Gasteiger partial charge in [-0.3, -0.25) is 24.0 Å². The van der Waals surface area contributed by atoms with Crippen LogP contribution in [0.3, 0.4) is 0 Å². The third-order valence-corrected chi connectivity index (χ3v) is 8.29. The van der Waals surface area contributed by atoms with Crippen LogP contribution in [0.1, 0.15) is 91.2 Å². The zero-order valence-corrected chi connectivity index (χ0v) is 32.0. The van der Waals surface area contributed by atoms with Gasteiger partial charge < -0.3 is 49.9 Å². The van der Waals surface area contributed by atoms with Crippen LogP contribution in [-0.2, 0) is 58.9 Å². The minimum Gasteiger partial charge on any atom is -0.379 e. The standard InChI is InChI=1S/C37H61N5O11/c1-27(43)8-7-14-50-16-18-52-25-36(49)41-13-15-51-17-19-53-24-35(48)40-12-6-5-9-29(32(45)11-10-28(2)44)20-34(47)37(3,4)22-33(46)31(38)21-30-23-39-26-42-30/h23,26,29,31H,5-22,24-25,38H2,1-4H3,(H,39,42)(H,40,48)(H,41,49)/t29-,31+/m1/s1. The van der Waals surface area contributed by atoms with Crippen LogP contribution in [0.15, 0.2) is 12.5 Å². The van der Waals surface area contributed by atoms with Crippen molar-refractivity contribution in [2.75, 3.05) is 65.9 Å². The topological polar surface area (TPSA) is 235 Å². The Morgan fingerprint density at radius 2 is 1.36 bits per heavy atom. The summed E-state index contributed by atoms with van der Waals surface area (Å²) in [5.41, 5.74) is 5.78. The van der Waals surface area contributed by atoms with E-state index in [1.54, 1.807) is 20.0 Å². The van der Waals surface area contributed by atoms with Gasteiger partial charge in [0.2, 0.25) is 11.8 Å². The lowest BCUT2D eigenvalue weighted by atomic mass is 9.76. The number of ether oxygens (including phenoxy) is 4. The number of nitrogens with zero attached hydrogens (tertiary/aromatic N) is 1. The molecule has 0 fully saturated rings. The number of hydrogen-bond donors (Lipinski definition) is 4. The summed E-state index contributed by atoms with van der Waals surface area (Å²) in [6.45, 7) is 8.48. The first kappa shape index (κ1) is 47.3. The van der Waals surface area contributed by atoms with Gasteiger partial charge in [0.1, 0.15) is 36.3 Å². The number of hydrogen-bond acceptors (Lipinski definition) is 13. The molecule has 0 aromatic carbocycles. The van der Waals surface area contributed by atoms with E-state index in [1.807, 2.05) is 0 Å². The zero-order valence-electron chi connectivity index (χ0n) is 32.0. The van der Waals surface area contributed by atoms with Crippen molar-refractivity contribution in [1.82, 2.24) is 20.6 Å². The lowest BCUT2D eigenvalue weighted by molar-refractivity contribution is -0.136. The predicted molar refractivity (Wildman–Crippen MR) is 195 cm³/mol. The van der Waals surface area contributed by atoms with E-state index in [0.717, 1.165) is 5.69 Å². The molecular formula is C37H61N5O11. The number of amides is 2. The number of aromatic amines is 1. The molecule has 2 amide bonds. The molecule has 0 aliphatic heterocycles. The second kappa shape index (κ2) is 27.8. The van der Waals surface area contributed by atoms with E-state index in [4.69, 9.17) is 24.7 Å². The van der Waals surface area contributed by atoms with Gasteiger partial charge >= 0.3 is 0 Å². The summed E-state index contributed by atoms with van der Waals surface area (Å²) in [6.07, 6.45) is 6.09. The molecule has 300 valence electrons. The number of Topliss-reactive ketones (excluding diaryl/α,β-unsaturated/α-hetero) is 5. The van der Waals surface area contributed by atoms with Gasteiger partial charge in [-0.25, -0.2) is 4.98 Å². The number of rotatable bonds is 34. The van der Waals surface area contributed by atoms with Gasteiger partial charge in [-0.15, -0.1) is 0 Å². The van der Waals surface area contributed by atoms with Crippen molar-refractivity contribution in [3.8, 4) is 0 Å². The Kier molecular flexibility index (Phi) is 24.9. The summed E-state index contributed by atoms with van der Waals surface area (Å²) in [5, 5.41) is 5.43. The molecule has 1 heterocycles. The molecule has 16 nitrogen and oxygen atoms in total. The van der Waals surface area contributed by atoms with Crippen LogP contribution in [-0.4, -0.2) is 123 Å². The van der Waals surface area contributed by atoms with Crippen molar-refractivity contribution < 1.29 is 52.5 Å². The van der Waals surface area contributed by atoms with Crippen LogP contribution >= 0.6 is 0 Å². The summed E-state index contributed by atoms with van der Waals surface area (Å²) in [7, 11) is 0. The maximum atomic E-state index is 13.3. The lowest BCUT2D eigenvalue weighted by Gasteiger charge is -2.26. The summed E-state index contributed by atoms with van der Waals surface area (Å²) in [4.78, 5) is 92.3. The van der Waals surface area contributed by atoms with Gasteiger partial charge in [-0.05, 0) is 33.1 Å². The van der Waals surface area contributed by atoms with E-state index in [2.05, 4.69) is 20.6 Å². The molecule has 0 aliphatic carbocycles. The normalized spacial score (nSPS) is 12.5. The average molecular weight is 752 g/mol. The number of unbranched alkanes of at least 4 members (excludes halogenated alkanes) is 1. The zero-order chi connectivity index (χ0) is 39.5. The molecule has 0 unspecified atom stereocenters. The third-order valence-electron chi connectivity index (χ3n) is 8.29. The van der Waals surface area contributed by atoms with E-state index in [-0.39, 0.29) is 112 Å². The van der Waals surface area contributed by atoms with Crippen LogP contribution in [0.5, 0.6) is 0 Å². The fraction of sp³-hybridized carbons (Fsp3) is 0.730. The van der Waals surface area contributed by atoms with Crippen molar-refractivity contribution >= 4 is 40.7 Å². The molecule has 0 bridgehead atoms. The number of nitrogens with one attached hydrogen (secondary N) is 3. The van der Waals surface area contributed by atoms with Crippen LogP contribution in [0.2, 0.25) is 0 Å². The van der Waals surface area contributed by atoms with Crippen LogP contribution in [0, 0.1) is 11.3 Å². The van der Waals surface area contributed by atoms with Crippen LogP contribution < -0.4 is 16.4 Å². The summed E-state index contributed by atoms with van der Waals surface area (Å²) < 4.78 is 21.3. The van der Waals surface area contributed by atoms with E-state index in [0.29, 0.717) is 58.4 Å². The molecule has 0 saturated heterocycles. The molecular weight excluding hydrogens is 690 g/mol. The van der Waals surface area contributed by atoms with Gasteiger partial charge in [0.05, 0.1) is 45.4 Å². The Labute approximate surface area is 312 Å². The Morgan fingerprint density at radius 1 is 0.755 bits per heavy atom. The van der Waals surface area contributed by atoms with Gasteiger partial charge in [-0.1, -0.05) is 20.3 Å². The fourth-order valence-electron chi connectivity index (χ4n) is 5.09. The third kappa shape index (κ3) is 24.3. The number of carbonyl (C=O) groups excluding carboxylic acids is 7. The van der Waals surface area contributed by atoms with Crippen molar-refractivity contribution in [2.24, 2.45) is 17.1 Å². The number of H-pyrrole nitrogens is 1. The summed E-state index contributed by atoms with van der Waals surface area (Å²) in [5.74, 6) is -1.82. The van der Waals surface area contributed by atoms with Gasteiger partial charge in [0.25, 0.3) is 0 Å². The molecule has 1 aromatic heterocycles. The number of ketones is 5. The smallest absolute Gasteiger partial charge is 0.246 e. The monoisotopic (exact) mass is 751 g/mol. The van der Waals surface area contributed by atoms with E-state index in [9.17, 15) is 33.6 Å². The predicted octanol–water partition coefficient (Wildman–Crippen LogP) is 1.62. The summed E-state index contributed by atoms with van der Waals surface area (Å²) in [6, 6.07) is -0.795.